The molecule has 2 unspecified atom stereocenters. The molecular weight excluding hydrogens is 375 g/mol. The molecule has 0 spiro atoms. The van der Waals surface area contributed by atoms with Crippen LogP contribution in [0.25, 0.3) is 6.08 Å². The van der Waals surface area contributed by atoms with Gasteiger partial charge in [-0.2, -0.15) is 13.2 Å². The minimum atomic E-state index is -4.87. The number of carbonyl (C=O) groups is 1. The Labute approximate surface area is 148 Å². The van der Waals surface area contributed by atoms with Gasteiger partial charge in [-0.3, -0.25) is 0 Å². The summed E-state index contributed by atoms with van der Waals surface area (Å²) in [4.78, 5) is 11.4. The van der Waals surface area contributed by atoms with E-state index < -0.39 is 35.2 Å². The molecule has 1 aromatic carbocycles. The summed E-state index contributed by atoms with van der Waals surface area (Å²) in [7, 11) is 0. The molecule has 2 heterocycles. The van der Waals surface area contributed by atoms with E-state index in [2.05, 4.69) is 4.72 Å². The molecule has 0 saturated heterocycles. The van der Waals surface area contributed by atoms with E-state index in [0.717, 1.165) is 6.08 Å². The second-order valence-electron chi connectivity index (χ2n) is 5.31. The molecule has 2 aromatic rings. The number of nitrogens with one attached hydrogen (secondary N) is 1. The number of ether oxygens (including phenoxy) is 1. The van der Waals surface area contributed by atoms with Crippen LogP contribution in [0, 0.1) is 0 Å². The van der Waals surface area contributed by atoms with E-state index in [4.69, 9.17) is 14.3 Å². The van der Waals surface area contributed by atoms with Crippen LogP contribution in [0.4, 0.5) is 13.2 Å². The van der Waals surface area contributed by atoms with Gasteiger partial charge in [0.05, 0.1) is 29.7 Å². The Hall–Kier alpha value is -2.43. The molecule has 1 aliphatic heterocycles. The van der Waals surface area contributed by atoms with Crippen LogP contribution in [0.5, 0.6) is 5.75 Å². The van der Waals surface area contributed by atoms with Gasteiger partial charge in [-0.05, 0) is 30.3 Å². The van der Waals surface area contributed by atoms with Crippen molar-refractivity contribution in [2.45, 2.75) is 23.7 Å². The Morgan fingerprint density at radius 1 is 1.35 bits per heavy atom. The number of rotatable bonds is 5. The number of furan rings is 1. The summed E-state index contributed by atoms with van der Waals surface area (Å²) in [5.74, 6) is -1.31. The SMILES string of the molecule is O=C(O)C1=Cc2cc([S+]([O-])NCc3ccco3)ccc2OC1C(F)(F)F. The van der Waals surface area contributed by atoms with Gasteiger partial charge in [-0.25, -0.2) is 4.79 Å². The smallest absolute Gasteiger partial charge is 0.430 e. The number of aliphatic carboxylic acids is 1. The minimum absolute atomic E-state index is 0.105. The van der Waals surface area contributed by atoms with Crippen molar-refractivity contribution in [1.82, 2.24) is 4.72 Å². The summed E-state index contributed by atoms with van der Waals surface area (Å²) < 4.78 is 63.8. The maximum absolute atomic E-state index is 13.0. The third kappa shape index (κ3) is 3.87. The molecular formula is C16H12F3NO5S. The van der Waals surface area contributed by atoms with Crippen LogP contribution in [0.3, 0.4) is 0 Å². The second-order valence-corrected chi connectivity index (χ2v) is 6.61. The molecule has 2 N–H and O–H groups in total. The number of halogens is 3. The molecule has 0 bridgehead atoms. The first-order valence-electron chi connectivity index (χ1n) is 7.25. The summed E-state index contributed by atoms with van der Waals surface area (Å²) >= 11 is -1.68. The quantitative estimate of drug-likeness (QED) is 0.766. The molecule has 2 atom stereocenters. The fraction of sp³-hybridized carbons (Fsp3) is 0.188. The highest BCUT2D eigenvalue weighted by Gasteiger charge is 2.48. The van der Waals surface area contributed by atoms with Crippen molar-refractivity contribution in [3.63, 3.8) is 0 Å². The largest absolute Gasteiger partial charge is 0.593 e. The van der Waals surface area contributed by atoms with Gasteiger partial charge < -0.3 is 18.8 Å². The zero-order chi connectivity index (χ0) is 18.9. The highest BCUT2D eigenvalue weighted by molar-refractivity contribution is 7.89. The first-order valence-corrected chi connectivity index (χ1v) is 8.40. The summed E-state index contributed by atoms with van der Waals surface area (Å²) in [6.45, 7) is 0.180. The number of hydrogen-bond donors (Lipinski definition) is 2. The Balaban J connectivity index is 1.83. The summed E-state index contributed by atoms with van der Waals surface area (Å²) in [6.07, 6.45) is -5.08. The third-order valence-corrected chi connectivity index (χ3v) is 4.62. The molecule has 0 saturated carbocycles. The third-order valence-electron chi connectivity index (χ3n) is 3.54. The lowest BCUT2D eigenvalue weighted by atomic mass is 10.0. The van der Waals surface area contributed by atoms with Gasteiger partial charge in [-0.15, -0.1) is 4.72 Å². The highest BCUT2D eigenvalue weighted by atomic mass is 32.2. The second kappa shape index (κ2) is 7.06. The normalized spacial score (nSPS) is 17.8. The van der Waals surface area contributed by atoms with Gasteiger partial charge in [0.25, 0.3) is 0 Å². The first-order chi connectivity index (χ1) is 12.3. The summed E-state index contributed by atoms with van der Waals surface area (Å²) in [5.41, 5.74) is -0.829. The molecule has 0 amide bonds. The number of carboxylic acids is 1. The van der Waals surface area contributed by atoms with Crippen molar-refractivity contribution in [3.05, 3.63) is 53.5 Å². The number of carboxylic acid groups (broad SMARTS) is 1. The molecule has 26 heavy (non-hydrogen) atoms. The maximum atomic E-state index is 13.0. The Morgan fingerprint density at radius 2 is 2.12 bits per heavy atom. The predicted molar refractivity (Wildman–Crippen MR) is 84.5 cm³/mol. The van der Waals surface area contributed by atoms with E-state index >= 15 is 0 Å². The summed E-state index contributed by atoms with van der Waals surface area (Å²) in [6, 6.07) is 7.24. The van der Waals surface area contributed by atoms with Crippen LogP contribution in [-0.4, -0.2) is 27.9 Å². The Kier molecular flexibility index (Phi) is 4.99. The van der Waals surface area contributed by atoms with Gasteiger partial charge in [-0.1, -0.05) is 0 Å². The van der Waals surface area contributed by atoms with Crippen LogP contribution < -0.4 is 9.46 Å². The van der Waals surface area contributed by atoms with Gasteiger partial charge in [0.2, 0.25) is 6.10 Å². The van der Waals surface area contributed by atoms with Gasteiger partial charge in [0, 0.05) is 11.6 Å². The molecule has 1 aliphatic rings. The van der Waals surface area contributed by atoms with Crippen LogP contribution in [0.2, 0.25) is 0 Å². The standard InChI is InChI=1S/C16H12F3NO5S/c17-16(18,19)14-12(15(21)22)7-9-6-11(3-4-13(9)25-14)26(23)20-8-10-2-1-5-24-10/h1-7,14,20H,8H2,(H,21,22). The first kappa shape index (κ1) is 18.4. The fourth-order valence-corrected chi connectivity index (χ4v) is 3.21. The van der Waals surface area contributed by atoms with Crippen molar-refractivity contribution in [1.29, 1.82) is 0 Å². The average molecular weight is 387 g/mol. The van der Waals surface area contributed by atoms with Crippen molar-refractivity contribution < 1.29 is 36.8 Å². The van der Waals surface area contributed by atoms with Crippen molar-refractivity contribution >= 4 is 23.4 Å². The minimum Gasteiger partial charge on any atom is -0.593 e. The lowest BCUT2D eigenvalue weighted by Crippen LogP contribution is -2.40. The van der Waals surface area contributed by atoms with Gasteiger partial charge in [0.1, 0.15) is 11.5 Å². The monoisotopic (exact) mass is 387 g/mol. The lowest BCUT2D eigenvalue weighted by molar-refractivity contribution is -0.187. The Bertz CT molecular complexity index is 835. The topological polar surface area (TPSA) is 94.8 Å². The molecule has 10 heteroatoms. The molecule has 0 fully saturated rings. The number of hydrogen-bond acceptors (Lipinski definition) is 5. The molecule has 3 rings (SSSR count). The van der Waals surface area contributed by atoms with Gasteiger partial charge >= 0.3 is 12.1 Å². The van der Waals surface area contributed by atoms with E-state index in [1.807, 2.05) is 0 Å². The maximum Gasteiger partial charge on any atom is 0.430 e. The molecule has 1 aromatic heterocycles. The van der Waals surface area contributed by atoms with Crippen molar-refractivity contribution in [3.8, 4) is 5.75 Å². The fourth-order valence-electron chi connectivity index (χ4n) is 2.35. The van der Waals surface area contributed by atoms with Gasteiger partial charge in [0.15, 0.2) is 4.90 Å². The van der Waals surface area contributed by atoms with E-state index in [1.54, 1.807) is 12.1 Å². The molecule has 0 aliphatic carbocycles. The number of fused-ring (bicyclic) bond motifs is 1. The van der Waals surface area contributed by atoms with E-state index in [1.165, 1.54) is 24.5 Å². The Morgan fingerprint density at radius 3 is 2.73 bits per heavy atom. The van der Waals surface area contributed by atoms with E-state index in [-0.39, 0.29) is 22.8 Å². The van der Waals surface area contributed by atoms with Crippen molar-refractivity contribution in [2.24, 2.45) is 0 Å². The molecule has 0 radical (unpaired) electrons. The highest BCUT2D eigenvalue weighted by Crippen LogP contribution is 2.38. The van der Waals surface area contributed by atoms with Crippen LogP contribution in [0.1, 0.15) is 11.3 Å². The van der Waals surface area contributed by atoms with E-state index in [0.29, 0.717) is 5.76 Å². The molecule has 6 nitrogen and oxygen atoms in total. The van der Waals surface area contributed by atoms with E-state index in [9.17, 15) is 22.5 Å². The predicted octanol–water partition coefficient (Wildman–Crippen LogP) is 2.88. The van der Waals surface area contributed by atoms with Crippen LogP contribution in [-0.2, 0) is 22.7 Å². The zero-order valence-corrected chi connectivity index (χ0v) is 13.8. The average Bonchev–Trinajstić information content (AvgIpc) is 3.10. The molecule has 138 valence electrons. The number of benzene rings is 1. The summed E-state index contributed by atoms with van der Waals surface area (Å²) in [5, 5.41) is 9.03. The van der Waals surface area contributed by atoms with Crippen LogP contribution >= 0.6 is 0 Å². The zero-order valence-electron chi connectivity index (χ0n) is 12.9. The van der Waals surface area contributed by atoms with Crippen LogP contribution in [0.15, 0.2) is 51.5 Å². The number of alkyl halides is 3. The lowest BCUT2D eigenvalue weighted by Gasteiger charge is -2.27. The van der Waals surface area contributed by atoms with Crippen molar-refractivity contribution in [2.75, 3.05) is 0 Å².